The zero-order chi connectivity index (χ0) is 14.4. The summed E-state index contributed by atoms with van der Waals surface area (Å²) in [4.78, 5) is 12.8. The Bertz CT molecular complexity index is 701. The van der Waals surface area contributed by atoms with Crippen molar-refractivity contribution in [2.24, 2.45) is 0 Å². The molecule has 2 aromatic rings. The molecule has 0 aliphatic carbocycles. The van der Waals surface area contributed by atoms with Crippen LogP contribution in [0, 0.1) is 0 Å². The number of hydrogen-bond donors (Lipinski definition) is 0. The van der Waals surface area contributed by atoms with Gasteiger partial charge in [0.2, 0.25) is 5.78 Å². The molecule has 0 amide bonds. The largest absolute Gasteiger partial charge is 0.331 e. The number of rotatable bonds is 1. The lowest BCUT2D eigenvalue weighted by Crippen LogP contribution is -2.07. The number of hydrogen-bond acceptors (Lipinski definition) is 1. The molecule has 1 aliphatic rings. The Morgan fingerprint density at radius 3 is 2.65 bits per heavy atom. The lowest BCUT2D eigenvalue weighted by Gasteiger charge is -2.10. The highest BCUT2D eigenvalue weighted by Crippen LogP contribution is 2.32. The summed E-state index contributed by atoms with van der Waals surface area (Å²) < 4.78 is 3.92. The Kier molecular flexibility index (Phi) is 3.63. The number of carbonyl (C=O) groups is 1. The van der Waals surface area contributed by atoms with Crippen LogP contribution in [0.3, 0.4) is 0 Å². The van der Waals surface area contributed by atoms with Crippen molar-refractivity contribution in [3.63, 3.8) is 0 Å². The van der Waals surface area contributed by atoms with Gasteiger partial charge in [-0.3, -0.25) is 4.79 Å². The number of aromatic nitrogens is 1. The molecular formula is C16H15Br2NO. The number of halogens is 2. The summed E-state index contributed by atoms with van der Waals surface area (Å²) in [5, 5.41) is 0. The molecule has 0 bridgehead atoms. The second kappa shape index (κ2) is 5.15. The second-order valence-electron chi connectivity index (χ2n) is 5.47. The molecule has 3 rings (SSSR count). The third-order valence-corrected chi connectivity index (χ3v) is 5.86. The molecular weight excluding hydrogens is 382 g/mol. The fraction of sp³-hybridized carbons (Fsp3) is 0.312. The van der Waals surface area contributed by atoms with E-state index in [9.17, 15) is 4.79 Å². The summed E-state index contributed by atoms with van der Waals surface area (Å²) >= 11 is 7.03. The highest BCUT2D eigenvalue weighted by Gasteiger charge is 2.24. The van der Waals surface area contributed by atoms with Crippen molar-refractivity contribution in [1.29, 1.82) is 0 Å². The van der Waals surface area contributed by atoms with Gasteiger partial charge in [-0.2, -0.15) is 0 Å². The molecule has 2 nitrogen and oxygen atoms in total. The van der Waals surface area contributed by atoms with Gasteiger partial charge in [0.25, 0.3) is 0 Å². The number of ketones is 1. The van der Waals surface area contributed by atoms with Crippen molar-refractivity contribution < 1.29 is 4.79 Å². The van der Waals surface area contributed by atoms with E-state index in [1.54, 1.807) is 0 Å². The topological polar surface area (TPSA) is 22.0 Å². The standard InChI is InChI=1S/C16H15Br2NO/c1-9(2)11-4-3-10-5-6-19-14(8-13(17)16(19)18)15(20)12(10)7-11/h3-4,7-9H,5-6H2,1-2H3. The minimum absolute atomic E-state index is 0.117. The number of fused-ring (bicyclic) bond motifs is 2. The van der Waals surface area contributed by atoms with Crippen LogP contribution in [-0.4, -0.2) is 10.4 Å². The molecule has 0 unspecified atom stereocenters. The molecule has 0 saturated heterocycles. The molecule has 4 heteroatoms. The van der Waals surface area contributed by atoms with Crippen molar-refractivity contribution in [3.8, 4) is 0 Å². The number of aryl methyl sites for hydroxylation is 1. The van der Waals surface area contributed by atoms with E-state index < -0.39 is 0 Å². The van der Waals surface area contributed by atoms with Gasteiger partial charge < -0.3 is 4.57 Å². The first-order valence-corrected chi connectivity index (χ1v) is 8.29. The smallest absolute Gasteiger partial charge is 0.209 e. The SMILES string of the molecule is CC(C)c1ccc2c(c1)C(=O)c1cc(Br)c(Br)n1CC2. The summed E-state index contributed by atoms with van der Waals surface area (Å²) in [6.45, 7) is 5.12. The van der Waals surface area contributed by atoms with Crippen molar-refractivity contribution in [2.75, 3.05) is 0 Å². The zero-order valence-electron chi connectivity index (χ0n) is 11.4. The van der Waals surface area contributed by atoms with Crippen LogP contribution in [0.4, 0.5) is 0 Å². The van der Waals surface area contributed by atoms with E-state index in [-0.39, 0.29) is 5.78 Å². The van der Waals surface area contributed by atoms with E-state index in [1.807, 2.05) is 10.6 Å². The molecule has 1 aromatic carbocycles. The molecule has 0 fully saturated rings. The van der Waals surface area contributed by atoms with E-state index in [0.717, 1.165) is 38.9 Å². The van der Waals surface area contributed by atoms with E-state index >= 15 is 0 Å². The van der Waals surface area contributed by atoms with E-state index in [2.05, 4.69) is 63.9 Å². The Morgan fingerprint density at radius 2 is 1.95 bits per heavy atom. The molecule has 0 spiro atoms. The van der Waals surface area contributed by atoms with Crippen LogP contribution in [-0.2, 0) is 13.0 Å². The van der Waals surface area contributed by atoms with Crippen LogP contribution in [0.1, 0.15) is 46.9 Å². The molecule has 0 atom stereocenters. The van der Waals surface area contributed by atoms with Gasteiger partial charge in [-0.1, -0.05) is 26.0 Å². The van der Waals surface area contributed by atoms with Crippen LogP contribution < -0.4 is 0 Å². The quantitative estimate of drug-likeness (QED) is 0.670. The average Bonchev–Trinajstić information content (AvgIpc) is 2.63. The van der Waals surface area contributed by atoms with Crippen molar-refractivity contribution in [3.05, 3.63) is 55.7 Å². The molecule has 20 heavy (non-hydrogen) atoms. The fourth-order valence-corrected chi connectivity index (χ4v) is 3.57. The van der Waals surface area contributed by atoms with Gasteiger partial charge in [0.1, 0.15) is 0 Å². The van der Waals surface area contributed by atoms with Crippen molar-refractivity contribution in [1.82, 2.24) is 4.57 Å². The summed E-state index contributed by atoms with van der Waals surface area (Å²) in [6.07, 6.45) is 0.881. The van der Waals surface area contributed by atoms with Gasteiger partial charge >= 0.3 is 0 Å². The first-order valence-electron chi connectivity index (χ1n) is 6.71. The summed E-state index contributed by atoms with van der Waals surface area (Å²) in [5.74, 6) is 0.549. The monoisotopic (exact) mass is 395 g/mol. The number of carbonyl (C=O) groups excluding carboxylic acids is 1. The summed E-state index contributed by atoms with van der Waals surface area (Å²) in [6, 6.07) is 8.22. The maximum Gasteiger partial charge on any atom is 0.209 e. The Balaban J connectivity index is 2.17. The zero-order valence-corrected chi connectivity index (χ0v) is 14.6. The third-order valence-electron chi connectivity index (χ3n) is 3.87. The van der Waals surface area contributed by atoms with Crippen molar-refractivity contribution >= 4 is 37.6 Å². The normalized spacial score (nSPS) is 14.2. The van der Waals surface area contributed by atoms with E-state index in [1.165, 1.54) is 5.56 Å². The predicted octanol–water partition coefficient (Wildman–Crippen LogP) is 4.92. The third kappa shape index (κ3) is 2.19. The van der Waals surface area contributed by atoms with Crippen LogP contribution >= 0.6 is 31.9 Å². The van der Waals surface area contributed by atoms with Gasteiger partial charge in [-0.05, 0) is 67.5 Å². The van der Waals surface area contributed by atoms with Gasteiger partial charge in [0.15, 0.2) is 0 Å². The van der Waals surface area contributed by atoms with Crippen LogP contribution in [0.15, 0.2) is 33.3 Å². The average molecular weight is 397 g/mol. The molecule has 0 radical (unpaired) electrons. The molecule has 1 aliphatic heterocycles. The second-order valence-corrected chi connectivity index (χ2v) is 7.08. The first kappa shape index (κ1) is 14.1. The first-order chi connectivity index (χ1) is 9.49. The molecule has 0 saturated carbocycles. The maximum absolute atomic E-state index is 12.8. The van der Waals surface area contributed by atoms with Crippen LogP contribution in [0.2, 0.25) is 0 Å². The van der Waals surface area contributed by atoms with E-state index in [0.29, 0.717) is 5.92 Å². The lowest BCUT2D eigenvalue weighted by atomic mass is 9.94. The lowest BCUT2D eigenvalue weighted by molar-refractivity contribution is 0.103. The minimum atomic E-state index is 0.117. The Labute approximate surface area is 135 Å². The highest BCUT2D eigenvalue weighted by atomic mass is 79.9. The van der Waals surface area contributed by atoms with Crippen LogP contribution in [0.25, 0.3) is 0 Å². The van der Waals surface area contributed by atoms with Crippen molar-refractivity contribution in [2.45, 2.75) is 32.7 Å². The fourth-order valence-electron chi connectivity index (χ4n) is 2.65. The molecule has 1 aromatic heterocycles. The minimum Gasteiger partial charge on any atom is -0.331 e. The maximum atomic E-state index is 12.8. The molecule has 104 valence electrons. The summed E-state index contributed by atoms with van der Waals surface area (Å²) in [5.41, 5.74) is 3.97. The molecule has 2 heterocycles. The van der Waals surface area contributed by atoms with Gasteiger partial charge in [0, 0.05) is 12.1 Å². The van der Waals surface area contributed by atoms with Gasteiger partial charge in [-0.25, -0.2) is 0 Å². The van der Waals surface area contributed by atoms with Crippen LogP contribution in [0.5, 0.6) is 0 Å². The number of benzene rings is 1. The van der Waals surface area contributed by atoms with Gasteiger partial charge in [-0.15, -0.1) is 0 Å². The summed E-state index contributed by atoms with van der Waals surface area (Å²) in [7, 11) is 0. The highest BCUT2D eigenvalue weighted by molar-refractivity contribution is 9.13. The Hall–Kier alpha value is -0.870. The van der Waals surface area contributed by atoms with Gasteiger partial charge in [0.05, 0.1) is 14.8 Å². The van der Waals surface area contributed by atoms with E-state index in [4.69, 9.17) is 0 Å². The number of nitrogens with zero attached hydrogens (tertiary/aromatic N) is 1. The Morgan fingerprint density at radius 1 is 1.20 bits per heavy atom. The molecule has 0 N–H and O–H groups in total. The predicted molar refractivity (Wildman–Crippen MR) is 87.5 cm³/mol.